The number of para-hydroxylation sites is 1. The maximum atomic E-state index is 12.3. The molecule has 2 aromatic rings. The maximum Gasteiger partial charge on any atom is 0.220 e. The van der Waals surface area contributed by atoms with Crippen LogP contribution in [0.5, 0.6) is 0 Å². The predicted molar refractivity (Wildman–Crippen MR) is 97.5 cm³/mol. The molecule has 134 valence electrons. The lowest BCUT2D eigenvalue weighted by atomic mass is 9.95. The van der Waals surface area contributed by atoms with Crippen LogP contribution < -0.4 is 5.32 Å². The number of hydrogen-bond donors (Lipinski definition) is 2. The van der Waals surface area contributed by atoms with Crippen LogP contribution in [-0.2, 0) is 11.2 Å². The van der Waals surface area contributed by atoms with Crippen molar-refractivity contribution in [3.8, 4) is 5.69 Å². The quantitative estimate of drug-likeness (QED) is 0.794. The summed E-state index contributed by atoms with van der Waals surface area (Å²) >= 11 is 0. The monoisotopic (exact) mass is 341 g/mol. The number of carbonyl (C=O) groups excluding carboxylic acids is 1. The SMILES string of the molecule is O=C(CCc1cnn(-c2ccccc2)c1)NC1CCCCCC1CO. The van der Waals surface area contributed by atoms with Gasteiger partial charge in [-0.3, -0.25) is 4.79 Å². The van der Waals surface area contributed by atoms with Crippen LogP contribution in [0.1, 0.15) is 44.1 Å². The van der Waals surface area contributed by atoms with Crippen molar-refractivity contribution in [1.82, 2.24) is 15.1 Å². The topological polar surface area (TPSA) is 67.2 Å². The Morgan fingerprint density at radius 3 is 2.80 bits per heavy atom. The van der Waals surface area contributed by atoms with Crippen molar-refractivity contribution in [2.24, 2.45) is 5.92 Å². The molecule has 0 bridgehead atoms. The molecule has 5 heteroatoms. The zero-order valence-electron chi connectivity index (χ0n) is 14.6. The van der Waals surface area contributed by atoms with Gasteiger partial charge in [-0.2, -0.15) is 5.10 Å². The molecule has 1 aromatic heterocycles. The summed E-state index contributed by atoms with van der Waals surface area (Å²) in [6.45, 7) is 0.162. The highest BCUT2D eigenvalue weighted by molar-refractivity contribution is 5.76. The second kappa shape index (κ2) is 8.81. The zero-order valence-corrected chi connectivity index (χ0v) is 14.6. The number of amides is 1. The molecule has 1 aromatic carbocycles. The van der Waals surface area contributed by atoms with E-state index in [0.717, 1.165) is 36.9 Å². The Labute approximate surface area is 149 Å². The molecule has 0 saturated heterocycles. The van der Waals surface area contributed by atoms with Crippen molar-refractivity contribution >= 4 is 5.91 Å². The van der Waals surface area contributed by atoms with Crippen molar-refractivity contribution in [1.29, 1.82) is 0 Å². The van der Waals surface area contributed by atoms with Gasteiger partial charge in [0.2, 0.25) is 5.91 Å². The molecular weight excluding hydrogens is 314 g/mol. The molecule has 1 saturated carbocycles. The summed E-state index contributed by atoms with van der Waals surface area (Å²) < 4.78 is 1.83. The van der Waals surface area contributed by atoms with Gasteiger partial charge in [-0.25, -0.2) is 4.68 Å². The Morgan fingerprint density at radius 1 is 1.20 bits per heavy atom. The fraction of sp³-hybridized carbons (Fsp3) is 0.500. The number of nitrogens with zero attached hydrogens (tertiary/aromatic N) is 2. The lowest BCUT2D eigenvalue weighted by molar-refractivity contribution is -0.122. The molecule has 1 aliphatic carbocycles. The van der Waals surface area contributed by atoms with Crippen molar-refractivity contribution in [2.75, 3.05) is 6.61 Å². The van der Waals surface area contributed by atoms with Gasteiger partial charge in [-0.1, -0.05) is 37.5 Å². The highest BCUT2D eigenvalue weighted by Crippen LogP contribution is 2.23. The number of rotatable bonds is 6. The molecular formula is C20H27N3O2. The summed E-state index contributed by atoms with van der Waals surface area (Å²) in [7, 11) is 0. The molecule has 1 aliphatic rings. The third kappa shape index (κ3) is 4.92. The molecule has 0 spiro atoms. The van der Waals surface area contributed by atoms with E-state index in [-0.39, 0.29) is 24.5 Å². The lowest BCUT2D eigenvalue weighted by Crippen LogP contribution is -2.41. The molecule has 0 radical (unpaired) electrons. The summed E-state index contributed by atoms with van der Waals surface area (Å²) in [5.41, 5.74) is 2.07. The van der Waals surface area contributed by atoms with Gasteiger partial charge in [0, 0.05) is 31.2 Å². The molecule has 1 heterocycles. The molecule has 5 nitrogen and oxygen atoms in total. The number of nitrogens with one attached hydrogen (secondary N) is 1. The standard InChI is InChI=1S/C20H27N3O2/c24-15-17-7-3-1-6-10-19(17)22-20(25)12-11-16-13-21-23(14-16)18-8-4-2-5-9-18/h2,4-5,8-9,13-14,17,19,24H,1,3,6-7,10-12,15H2,(H,22,25). The second-order valence-electron chi connectivity index (χ2n) is 6.88. The molecule has 1 fully saturated rings. The number of benzene rings is 1. The summed E-state index contributed by atoms with van der Waals surface area (Å²) in [5, 5.41) is 17.1. The molecule has 2 atom stereocenters. The minimum absolute atomic E-state index is 0.0674. The molecule has 2 unspecified atom stereocenters. The first-order chi connectivity index (χ1) is 12.3. The van der Waals surface area contributed by atoms with Crippen LogP contribution in [0.25, 0.3) is 5.69 Å². The number of aliphatic hydroxyl groups is 1. The van der Waals surface area contributed by atoms with Crippen molar-refractivity contribution in [2.45, 2.75) is 51.0 Å². The van der Waals surface area contributed by atoms with Gasteiger partial charge >= 0.3 is 0 Å². The van der Waals surface area contributed by atoms with Crippen molar-refractivity contribution in [3.05, 3.63) is 48.3 Å². The van der Waals surface area contributed by atoms with Crippen LogP contribution in [-0.4, -0.2) is 33.4 Å². The fourth-order valence-corrected chi connectivity index (χ4v) is 3.54. The first-order valence-electron chi connectivity index (χ1n) is 9.25. The van der Waals surface area contributed by atoms with E-state index < -0.39 is 0 Å². The molecule has 0 aliphatic heterocycles. The summed E-state index contributed by atoms with van der Waals surface area (Å²) in [5.74, 6) is 0.269. The smallest absolute Gasteiger partial charge is 0.220 e. The summed E-state index contributed by atoms with van der Waals surface area (Å²) in [6.07, 6.45) is 10.4. The van der Waals surface area contributed by atoms with E-state index in [2.05, 4.69) is 10.4 Å². The largest absolute Gasteiger partial charge is 0.396 e. The Hall–Kier alpha value is -2.14. The van der Waals surface area contributed by atoms with E-state index in [1.54, 1.807) is 0 Å². The van der Waals surface area contributed by atoms with Gasteiger partial charge in [0.25, 0.3) is 0 Å². The summed E-state index contributed by atoms with van der Waals surface area (Å²) in [6, 6.07) is 10.1. The molecule has 3 rings (SSSR count). The Bertz CT molecular complexity index is 669. The van der Waals surface area contributed by atoms with Crippen LogP contribution in [0, 0.1) is 5.92 Å². The first-order valence-corrected chi connectivity index (χ1v) is 9.25. The van der Waals surface area contributed by atoms with E-state index in [1.165, 1.54) is 6.42 Å². The van der Waals surface area contributed by atoms with E-state index in [1.807, 2.05) is 47.4 Å². The van der Waals surface area contributed by atoms with Gasteiger partial charge in [-0.05, 0) is 37.0 Å². The number of aliphatic hydroxyl groups excluding tert-OH is 1. The van der Waals surface area contributed by atoms with Crippen molar-refractivity contribution in [3.63, 3.8) is 0 Å². The van der Waals surface area contributed by atoms with Crippen LogP contribution in [0.2, 0.25) is 0 Å². The normalized spacial score (nSPS) is 20.8. The molecule has 1 amide bonds. The number of aromatic nitrogens is 2. The molecule has 2 N–H and O–H groups in total. The van der Waals surface area contributed by atoms with E-state index >= 15 is 0 Å². The van der Waals surface area contributed by atoms with Crippen LogP contribution >= 0.6 is 0 Å². The van der Waals surface area contributed by atoms with Crippen LogP contribution in [0.3, 0.4) is 0 Å². The van der Waals surface area contributed by atoms with Crippen LogP contribution in [0.15, 0.2) is 42.7 Å². The third-order valence-corrected chi connectivity index (χ3v) is 5.04. The average molecular weight is 341 g/mol. The Morgan fingerprint density at radius 2 is 2.00 bits per heavy atom. The maximum absolute atomic E-state index is 12.3. The number of carbonyl (C=O) groups is 1. The minimum Gasteiger partial charge on any atom is -0.396 e. The number of hydrogen-bond acceptors (Lipinski definition) is 3. The Balaban J connectivity index is 1.51. The second-order valence-corrected chi connectivity index (χ2v) is 6.88. The van der Waals surface area contributed by atoms with Gasteiger partial charge in [0.15, 0.2) is 0 Å². The van der Waals surface area contributed by atoms with Gasteiger partial charge in [-0.15, -0.1) is 0 Å². The van der Waals surface area contributed by atoms with E-state index in [9.17, 15) is 9.90 Å². The van der Waals surface area contributed by atoms with Crippen molar-refractivity contribution < 1.29 is 9.90 Å². The highest BCUT2D eigenvalue weighted by Gasteiger charge is 2.24. The highest BCUT2D eigenvalue weighted by atomic mass is 16.3. The van der Waals surface area contributed by atoms with E-state index in [4.69, 9.17) is 0 Å². The average Bonchev–Trinajstić information content (AvgIpc) is 3.01. The summed E-state index contributed by atoms with van der Waals surface area (Å²) in [4.78, 5) is 12.3. The van der Waals surface area contributed by atoms with Gasteiger partial charge < -0.3 is 10.4 Å². The zero-order chi connectivity index (χ0) is 17.5. The minimum atomic E-state index is 0.0674. The van der Waals surface area contributed by atoms with Gasteiger partial charge in [0.1, 0.15) is 0 Å². The first kappa shape index (κ1) is 17.7. The fourth-order valence-electron chi connectivity index (χ4n) is 3.54. The van der Waals surface area contributed by atoms with Gasteiger partial charge in [0.05, 0.1) is 11.9 Å². The predicted octanol–water partition coefficient (Wildman–Crippen LogP) is 2.86. The molecule has 25 heavy (non-hydrogen) atoms. The van der Waals surface area contributed by atoms with Crippen LogP contribution in [0.4, 0.5) is 0 Å². The number of aryl methyl sites for hydroxylation is 1. The van der Waals surface area contributed by atoms with E-state index in [0.29, 0.717) is 12.8 Å². The Kier molecular flexibility index (Phi) is 6.23. The third-order valence-electron chi connectivity index (χ3n) is 5.04. The lowest BCUT2D eigenvalue weighted by Gasteiger charge is -2.24.